The normalized spacial score (nSPS) is 12.6. The zero-order valence-corrected chi connectivity index (χ0v) is 12.4. The number of aliphatic carboxylic acids is 1. The van der Waals surface area contributed by atoms with Crippen LogP contribution >= 0.6 is 0 Å². The van der Waals surface area contributed by atoms with E-state index in [2.05, 4.69) is 13.8 Å². The molecule has 0 aliphatic carbocycles. The molecule has 0 saturated carbocycles. The topological polar surface area (TPSA) is 37.3 Å². The predicted molar refractivity (Wildman–Crippen MR) is 77.9 cm³/mol. The van der Waals surface area contributed by atoms with E-state index in [0.717, 1.165) is 18.8 Å². The number of rotatable bonds is 13. The first kappa shape index (κ1) is 17.5. The highest BCUT2D eigenvalue weighted by atomic mass is 16.4. The molecule has 18 heavy (non-hydrogen) atoms. The van der Waals surface area contributed by atoms with Crippen LogP contribution in [0.2, 0.25) is 0 Å². The molecule has 0 aromatic carbocycles. The van der Waals surface area contributed by atoms with Crippen LogP contribution in [0.4, 0.5) is 0 Å². The summed E-state index contributed by atoms with van der Waals surface area (Å²) in [6.07, 6.45) is 14.4. The number of hydrogen-bond acceptors (Lipinski definition) is 1. The average Bonchev–Trinajstić information content (AvgIpc) is 2.33. The Hall–Kier alpha value is -0.530. The zero-order valence-electron chi connectivity index (χ0n) is 12.4. The van der Waals surface area contributed by atoms with Gasteiger partial charge in [-0.15, -0.1) is 0 Å². The molecule has 108 valence electrons. The van der Waals surface area contributed by atoms with Gasteiger partial charge in [0.2, 0.25) is 0 Å². The van der Waals surface area contributed by atoms with Gasteiger partial charge in [-0.2, -0.15) is 0 Å². The number of unbranched alkanes of at least 4 members (excludes halogenated alkanes) is 7. The van der Waals surface area contributed by atoms with E-state index < -0.39 is 5.97 Å². The minimum atomic E-state index is -0.658. The average molecular weight is 256 g/mol. The van der Waals surface area contributed by atoms with Crippen LogP contribution in [0, 0.1) is 5.92 Å². The van der Waals surface area contributed by atoms with Gasteiger partial charge in [-0.25, -0.2) is 0 Å². The summed E-state index contributed by atoms with van der Waals surface area (Å²) in [7, 11) is 0. The second kappa shape index (κ2) is 12.9. The van der Waals surface area contributed by atoms with Crippen molar-refractivity contribution in [1.82, 2.24) is 0 Å². The summed E-state index contributed by atoms with van der Waals surface area (Å²) in [5.41, 5.74) is 0. The van der Waals surface area contributed by atoms with E-state index >= 15 is 0 Å². The standard InChI is InChI=1S/C16H32O2/c1-3-4-5-6-7-8-9-12-15(2)13-10-11-14-16(17)18/h15H,3-14H2,1-2H3,(H,17,18). The second-order valence-electron chi connectivity index (χ2n) is 5.65. The molecule has 2 heteroatoms. The van der Waals surface area contributed by atoms with E-state index in [1.165, 1.54) is 57.8 Å². The van der Waals surface area contributed by atoms with Crippen LogP contribution in [-0.2, 0) is 4.79 Å². The minimum Gasteiger partial charge on any atom is -0.481 e. The summed E-state index contributed by atoms with van der Waals surface area (Å²) in [5.74, 6) is 0.115. The smallest absolute Gasteiger partial charge is 0.303 e. The molecule has 0 saturated heterocycles. The molecule has 1 N–H and O–H groups in total. The Kier molecular flexibility index (Phi) is 12.5. The molecule has 0 aliphatic heterocycles. The summed E-state index contributed by atoms with van der Waals surface area (Å²) < 4.78 is 0. The fraction of sp³-hybridized carbons (Fsp3) is 0.938. The maximum Gasteiger partial charge on any atom is 0.303 e. The fourth-order valence-corrected chi connectivity index (χ4v) is 2.36. The highest BCUT2D eigenvalue weighted by Crippen LogP contribution is 2.17. The molecule has 0 aromatic heterocycles. The third-order valence-electron chi connectivity index (χ3n) is 3.64. The van der Waals surface area contributed by atoms with Crippen LogP contribution < -0.4 is 0 Å². The largest absolute Gasteiger partial charge is 0.481 e. The molecule has 2 nitrogen and oxygen atoms in total. The summed E-state index contributed by atoms with van der Waals surface area (Å²) in [4.78, 5) is 10.4. The van der Waals surface area contributed by atoms with Gasteiger partial charge in [-0.1, -0.05) is 78.1 Å². The third-order valence-corrected chi connectivity index (χ3v) is 3.64. The highest BCUT2D eigenvalue weighted by Gasteiger charge is 2.03. The molecular weight excluding hydrogens is 224 g/mol. The number of carboxylic acid groups (broad SMARTS) is 1. The van der Waals surface area contributed by atoms with Crippen molar-refractivity contribution in [3.8, 4) is 0 Å². The molecule has 0 rings (SSSR count). The minimum absolute atomic E-state index is 0.337. The first-order chi connectivity index (χ1) is 8.66. The Bertz CT molecular complexity index is 190. The summed E-state index contributed by atoms with van der Waals surface area (Å²) in [6, 6.07) is 0. The predicted octanol–water partition coefficient (Wildman–Crippen LogP) is 5.41. The molecule has 0 spiro atoms. The van der Waals surface area contributed by atoms with E-state index in [0.29, 0.717) is 6.42 Å². The van der Waals surface area contributed by atoms with Crippen molar-refractivity contribution in [2.75, 3.05) is 0 Å². The lowest BCUT2D eigenvalue weighted by atomic mass is 9.96. The van der Waals surface area contributed by atoms with Gasteiger partial charge >= 0.3 is 5.97 Å². The Labute approximate surface area is 113 Å². The van der Waals surface area contributed by atoms with Gasteiger partial charge in [0, 0.05) is 6.42 Å². The van der Waals surface area contributed by atoms with E-state index in [-0.39, 0.29) is 0 Å². The van der Waals surface area contributed by atoms with E-state index in [9.17, 15) is 4.79 Å². The third kappa shape index (κ3) is 13.5. The monoisotopic (exact) mass is 256 g/mol. The molecule has 0 aliphatic rings. The van der Waals surface area contributed by atoms with Gasteiger partial charge in [0.15, 0.2) is 0 Å². The van der Waals surface area contributed by atoms with Crippen LogP contribution in [0.15, 0.2) is 0 Å². The van der Waals surface area contributed by atoms with Crippen molar-refractivity contribution >= 4 is 5.97 Å². The molecule has 0 fully saturated rings. The van der Waals surface area contributed by atoms with Crippen LogP contribution in [0.3, 0.4) is 0 Å². The van der Waals surface area contributed by atoms with Crippen molar-refractivity contribution in [1.29, 1.82) is 0 Å². The number of carbonyl (C=O) groups is 1. The summed E-state index contributed by atoms with van der Waals surface area (Å²) >= 11 is 0. The Morgan fingerprint density at radius 1 is 0.889 bits per heavy atom. The summed E-state index contributed by atoms with van der Waals surface area (Å²) in [5, 5.41) is 8.54. The fourth-order valence-electron chi connectivity index (χ4n) is 2.36. The highest BCUT2D eigenvalue weighted by molar-refractivity contribution is 5.66. The van der Waals surface area contributed by atoms with Gasteiger partial charge in [-0.05, 0) is 12.3 Å². The number of hydrogen-bond donors (Lipinski definition) is 1. The van der Waals surface area contributed by atoms with Crippen molar-refractivity contribution in [3.63, 3.8) is 0 Å². The van der Waals surface area contributed by atoms with Gasteiger partial charge in [-0.3, -0.25) is 4.79 Å². The van der Waals surface area contributed by atoms with Crippen LogP contribution in [0.25, 0.3) is 0 Å². The zero-order chi connectivity index (χ0) is 13.6. The number of carboxylic acids is 1. The Balaban J connectivity index is 3.16. The van der Waals surface area contributed by atoms with E-state index in [1.54, 1.807) is 0 Å². The van der Waals surface area contributed by atoms with Gasteiger partial charge in [0.25, 0.3) is 0 Å². The molecule has 0 heterocycles. The second-order valence-corrected chi connectivity index (χ2v) is 5.65. The van der Waals surface area contributed by atoms with Crippen LogP contribution in [0.1, 0.15) is 90.9 Å². The van der Waals surface area contributed by atoms with Gasteiger partial charge < -0.3 is 5.11 Å². The lowest BCUT2D eigenvalue weighted by Crippen LogP contribution is -1.98. The molecular formula is C16H32O2. The molecule has 0 amide bonds. The van der Waals surface area contributed by atoms with E-state index in [4.69, 9.17) is 5.11 Å². The van der Waals surface area contributed by atoms with Crippen LogP contribution in [0.5, 0.6) is 0 Å². The molecule has 0 aromatic rings. The SMILES string of the molecule is CCCCCCCCCC(C)CCCCC(=O)O. The van der Waals surface area contributed by atoms with Crippen molar-refractivity contribution in [2.45, 2.75) is 90.9 Å². The maximum atomic E-state index is 10.4. The van der Waals surface area contributed by atoms with Crippen molar-refractivity contribution in [3.05, 3.63) is 0 Å². The lowest BCUT2D eigenvalue weighted by molar-refractivity contribution is -0.137. The molecule has 1 atom stereocenters. The molecule has 0 bridgehead atoms. The maximum absolute atomic E-state index is 10.4. The van der Waals surface area contributed by atoms with Crippen molar-refractivity contribution < 1.29 is 9.90 Å². The van der Waals surface area contributed by atoms with Gasteiger partial charge in [0.1, 0.15) is 0 Å². The first-order valence-electron chi connectivity index (χ1n) is 7.88. The van der Waals surface area contributed by atoms with Gasteiger partial charge in [0.05, 0.1) is 0 Å². The molecule has 1 unspecified atom stereocenters. The van der Waals surface area contributed by atoms with Crippen LogP contribution in [-0.4, -0.2) is 11.1 Å². The first-order valence-corrected chi connectivity index (χ1v) is 7.88. The summed E-state index contributed by atoms with van der Waals surface area (Å²) in [6.45, 7) is 4.56. The lowest BCUT2D eigenvalue weighted by Gasteiger charge is -2.10. The van der Waals surface area contributed by atoms with E-state index in [1.807, 2.05) is 0 Å². The quantitative estimate of drug-likeness (QED) is 0.447. The molecule has 0 radical (unpaired) electrons. The Morgan fingerprint density at radius 3 is 1.94 bits per heavy atom. The van der Waals surface area contributed by atoms with Crippen molar-refractivity contribution in [2.24, 2.45) is 5.92 Å². The Morgan fingerprint density at radius 2 is 1.39 bits per heavy atom.